The second-order valence-corrected chi connectivity index (χ2v) is 8.43. The molecule has 0 heterocycles. The van der Waals surface area contributed by atoms with Gasteiger partial charge < -0.3 is 14.4 Å². The van der Waals surface area contributed by atoms with Crippen LogP contribution in [0.2, 0.25) is 0 Å². The number of hydrogen-bond donors (Lipinski definition) is 0. The van der Waals surface area contributed by atoms with Crippen molar-refractivity contribution in [3.05, 3.63) is 0 Å². The number of carbonyl (C=O) groups is 1. The van der Waals surface area contributed by atoms with Gasteiger partial charge in [-0.15, -0.1) is 0 Å². The molecule has 1 unspecified atom stereocenters. The summed E-state index contributed by atoms with van der Waals surface area (Å²) in [6.45, 7) is 4.64. The van der Waals surface area contributed by atoms with Crippen molar-refractivity contribution >= 4 is 5.97 Å². The van der Waals surface area contributed by atoms with Crippen molar-refractivity contribution in [1.29, 1.82) is 0 Å². The lowest BCUT2D eigenvalue weighted by molar-refractivity contribution is -0.910. The molecule has 0 aliphatic carbocycles. The lowest BCUT2D eigenvalue weighted by atomic mass is 9.97. The SMILES string of the molecule is CCCCCCCCCC(CCCCCCCC)[N+](C)(C)CC(=O)[O-]. The summed E-state index contributed by atoms with van der Waals surface area (Å²) in [7, 11) is 4.14. The Balaban J connectivity index is 4.17. The van der Waals surface area contributed by atoms with E-state index in [1.165, 1.54) is 83.5 Å². The lowest BCUT2D eigenvalue weighted by Crippen LogP contribution is -2.54. The average molecular weight is 356 g/mol. The van der Waals surface area contributed by atoms with Crippen LogP contribution in [0.25, 0.3) is 0 Å². The van der Waals surface area contributed by atoms with Gasteiger partial charge >= 0.3 is 0 Å². The predicted octanol–water partition coefficient (Wildman–Crippen LogP) is 5.07. The van der Waals surface area contributed by atoms with E-state index in [9.17, 15) is 9.90 Å². The number of carbonyl (C=O) groups excluding carboxylic acids is 1. The molecule has 0 aromatic rings. The minimum atomic E-state index is -0.919. The summed E-state index contributed by atoms with van der Waals surface area (Å²) < 4.78 is 0.577. The molecule has 3 heteroatoms. The summed E-state index contributed by atoms with van der Waals surface area (Å²) >= 11 is 0. The number of rotatable bonds is 18. The zero-order chi connectivity index (χ0) is 19.0. The first-order valence-electron chi connectivity index (χ1n) is 11.0. The average Bonchev–Trinajstić information content (AvgIpc) is 2.53. The Morgan fingerprint density at radius 3 is 1.44 bits per heavy atom. The molecule has 0 spiro atoms. The second-order valence-electron chi connectivity index (χ2n) is 8.43. The Morgan fingerprint density at radius 1 is 0.720 bits per heavy atom. The third kappa shape index (κ3) is 14.3. The molecule has 0 rings (SSSR count). The molecule has 0 aliphatic heterocycles. The van der Waals surface area contributed by atoms with Crippen molar-refractivity contribution in [3.63, 3.8) is 0 Å². The van der Waals surface area contributed by atoms with Gasteiger partial charge in [0.25, 0.3) is 0 Å². The quantitative estimate of drug-likeness (QED) is 0.254. The van der Waals surface area contributed by atoms with E-state index in [1.54, 1.807) is 0 Å². The Hall–Kier alpha value is -0.570. The van der Waals surface area contributed by atoms with Crippen LogP contribution in [0, 0.1) is 0 Å². The predicted molar refractivity (Wildman–Crippen MR) is 106 cm³/mol. The zero-order valence-corrected chi connectivity index (χ0v) is 17.7. The number of carboxylic acids is 1. The summed E-state index contributed by atoms with van der Waals surface area (Å²) in [4.78, 5) is 11.1. The van der Waals surface area contributed by atoms with Crippen LogP contribution in [0.4, 0.5) is 0 Å². The van der Waals surface area contributed by atoms with Gasteiger partial charge in [0.05, 0.1) is 26.1 Å². The van der Waals surface area contributed by atoms with Crippen LogP contribution in [0.5, 0.6) is 0 Å². The summed E-state index contributed by atoms with van der Waals surface area (Å²) in [6.07, 6.45) is 19.4. The Kier molecular flexibility index (Phi) is 15.3. The second kappa shape index (κ2) is 15.7. The fourth-order valence-electron chi connectivity index (χ4n) is 3.80. The van der Waals surface area contributed by atoms with E-state index in [-0.39, 0.29) is 6.54 Å². The summed E-state index contributed by atoms with van der Waals surface area (Å²) in [5, 5.41) is 11.1. The van der Waals surface area contributed by atoms with Gasteiger partial charge in [0.15, 0.2) is 0 Å². The molecular formula is C22H45NO2. The minimum absolute atomic E-state index is 0.136. The van der Waals surface area contributed by atoms with E-state index in [2.05, 4.69) is 27.9 Å². The maximum Gasteiger partial charge on any atom is 0.119 e. The third-order valence-corrected chi connectivity index (χ3v) is 5.56. The zero-order valence-electron chi connectivity index (χ0n) is 17.7. The molecule has 0 radical (unpaired) electrons. The number of hydrogen-bond acceptors (Lipinski definition) is 2. The fraction of sp³-hybridized carbons (Fsp3) is 0.955. The number of aliphatic carboxylic acids is 1. The van der Waals surface area contributed by atoms with Crippen LogP contribution in [-0.2, 0) is 4.79 Å². The molecule has 0 fully saturated rings. The molecule has 0 saturated heterocycles. The molecule has 1 atom stereocenters. The Bertz CT molecular complexity index is 315. The normalized spacial score (nSPS) is 13.1. The molecule has 0 saturated carbocycles. The maximum absolute atomic E-state index is 11.1. The molecule has 150 valence electrons. The van der Waals surface area contributed by atoms with Crippen molar-refractivity contribution in [2.24, 2.45) is 0 Å². The number of likely N-dealkylation sites (N-methyl/N-ethyl adjacent to an activating group) is 1. The van der Waals surface area contributed by atoms with Gasteiger partial charge in [0, 0.05) is 0 Å². The van der Waals surface area contributed by atoms with Crippen LogP contribution >= 0.6 is 0 Å². The van der Waals surface area contributed by atoms with Crippen molar-refractivity contribution in [2.45, 2.75) is 116 Å². The maximum atomic E-state index is 11.1. The van der Waals surface area contributed by atoms with Crippen molar-refractivity contribution in [1.82, 2.24) is 0 Å². The molecule has 0 aromatic carbocycles. The highest BCUT2D eigenvalue weighted by Gasteiger charge is 2.27. The smallest absolute Gasteiger partial charge is 0.119 e. The molecular weight excluding hydrogens is 310 g/mol. The van der Waals surface area contributed by atoms with Gasteiger partial charge in [-0.2, -0.15) is 0 Å². The van der Waals surface area contributed by atoms with Gasteiger partial charge in [-0.3, -0.25) is 0 Å². The van der Waals surface area contributed by atoms with Gasteiger partial charge in [0.1, 0.15) is 6.54 Å². The van der Waals surface area contributed by atoms with Gasteiger partial charge in [-0.25, -0.2) is 0 Å². The fourth-order valence-corrected chi connectivity index (χ4v) is 3.80. The Labute approximate surface area is 157 Å². The summed E-state index contributed by atoms with van der Waals surface area (Å²) in [5.41, 5.74) is 0. The Morgan fingerprint density at radius 2 is 1.08 bits per heavy atom. The van der Waals surface area contributed by atoms with E-state index in [1.807, 2.05) is 0 Å². The van der Waals surface area contributed by atoms with Gasteiger partial charge in [-0.1, -0.05) is 84.5 Å². The molecule has 0 N–H and O–H groups in total. The number of carboxylic acid groups (broad SMARTS) is 1. The highest BCUT2D eigenvalue weighted by atomic mass is 16.4. The van der Waals surface area contributed by atoms with Gasteiger partial charge in [0.2, 0.25) is 0 Å². The monoisotopic (exact) mass is 355 g/mol. The minimum Gasteiger partial charge on any atom is -0.544 e. The van der Waals surface area contributed by atoms with E-state index in [0.717, 1.165) is 12.8 Å². The lowest BCUT2D eigenvalue weighted by Gasteiger charge is -2.39. The summed E-state index contributed by atoms with van der Waals surface area (Å²) in [5.74, 6) is -0.919. The van der Waals surface area contributed by atoms with Crippen LogP contribution in [0.15, 0.2) is 0 Å². The first kappa shape index (κ1) is 24.4. The first-order valence-corrected chi connectivity index (χ1v) is 11.0. The summed E-state index contributed by atoms with van der Waals surface area (Å²) in [6, 6.07) is 0.458. The van der Waals surface area contributed by atoms with Crippen LogP contribution in [0.1, 0.15) is 110 Å². The molecule has 25 heavy (non-hydrogen) atoms. The topological polar surface area (TPSA) is 40.1 Å². The van der Waals surface area contributed by atoms with Crippen molar-refractivity contribution < 1.29 is 14.4 Å². The van der Waals surface area contributed by atoms with Crippen LogP contribution in [-0.4, -0.2) is 37.1 Å². The largest absolute Gasteiger partial charge is 0.544 e. The highest BCUT2D eigenvalue weighted by molar-refractivity contribution is 5.65. The van der Waals surface area contributed by atoms with E-state index in [0.29, 0.717) is 10.5 Å². The van der Waals surface area contributed by atoms with Gasteiger partial charge in [-0.05, 0) is 25.7 Å². The standard InChI is InChI=1S/C22H45NO2/c1-5-7-9-11-13-15-17-19-21(23(3,4)20-22(24)25)18-16-14-12-10-8-6-2/h21H,5-20H2,1-4H3. The molecule has 0 aliphatic rings. The number of unbranched alkanes of at least 4 members (excludes halogenated alkanes) is 11. The molecule has 0 aromatic heterocycles. The molecule has 0 amide bonds. The molecule has 0 bridgehead atoms. The number of quaternary nitrogens is 1. The van der Waals surface area contributed by atoms with Crippen molar-refractivity contribution in [3.8, 4) is 0 Å². The highest BCUT2D eigenvalue weighted by Crippen LogP contribution is 2.22. The van der Waals surface area contributed by atoms with E-state index in [4.69, 9.17) is 0 Å². The third-order valence-electron chi connectivity index (χ3n) is 5.56. The van der Waals surface area contributed by atoms with Crippen LogP contribution < -0.4 is 5.11 Å². The molecule has 3 nitrogen and oxygen atoms in total. The van der Waals surface area contributed by atoms with E-state index < -0.39 is 5.97 Å². The first-order chi connectivity index (χ1) is 11.9. The van der Waals surface area contributed by atoms with Crippen molar-refractivity contribution in [2.75, 3.05) is 20.6 Å². The van der Waals surface area contributed by atoms with Crippen LogP contribution in [0.3, 0.4) is 0 Å². The van der Waals surface area contributed by atoms with E-state index >= 15 is 0 Å². The number of nitrogens with zero attached hydrogens (tertiary/aromatic N) is 1.